The summed E-state index contributed by atoms with van der Waals surface area (Å²) < 4.78 is 9.84. The van der Waals surface area contributed by atoms with Gasteiger partial charge >= 0.3 is 0 Å². The lowest BCUT2D eigenvalue weighted by molar-refractivity contribution is 0.0862. The molecule has 2 aromatic heterocycles. The summed E-state index contributed by atoms with van der Waals surface area (Å²) in [7, 11) is 0. The molecule has 1 atom stereocenters. The topological polar surface area (TPSA) is 47.4 Å². The summed E-state index contributed by atoms with van der Waals surface area (Å²) in [5.41, 5.74) is 3.08. The van der Waals surface area contributed by atoms with Crippen molar-refractivity contribution in [2.75, 3.05) is 16.6 Å². The zero-order chi connectivity index (χ0) is 20.3. The molecule has 0 spiro atoms. The maximum atomic E-state index is 13.2. The molecule has 1 unspecified atom stereocenters. The zero-order valence-electron chi connectivity index (χ0n) is 16.3. The fraction of sp³-hybridized carbons (Fsp3) is 0.167. The van der Waals surface area contributed by atoms with E-state index >= 15 is 0 Å². The van der Waals surface area contributed by atoms with Crippen LogP contribution in [0.1, 0.15) is 10.4 Å². The Hall–Kier alpha value is -3.25. The molecule has 30 heavy (non-hydrogen) atoms. The number of nitrogens with zero attached hydrogens (tertiary/aromatic N) is 3. The summed E-state index contributed by atoms with van der Waals surface area (Å²) in [6.07, 6.45) is 5.46. The molecule has 0 saturated carbocycles. The van der Waals surface area contributed by atoms with E-state index in [1.807, 2.05) is 79.1 Å². The maximum Gasteiger partial charge on any atom is 0.236 e. The van der Waals surface area contributed by atoms with Crippen LogP contribution >= 0.6 is 11.9 Å². The highest BCUT2D eigenvalue weighted by Crippen LogP contribution is 2.32. The van der Waals surface area contributed by atoms with Gasteiger partial charge in [-0.1, -0.05) is 30.3 Å². The van der Waals surface area contributed by atoms with Crippen molar-refractivity contribution in [3.05, 3.63) is 90.9 Å². The third-order valence-corrected chi connectivity index (χ3v) is 6.47. The third kappa shape index (κ3) is 3.78. The second kappa shape index (κ2) is 8.24. The van der Waals surface area contributed by atoms with Crippen LogP contribution in [0.2, 0.25) is 0 Å². The van der Waals surface area contributed by atoms with Gasteiger partial charge in [0, 0.05) is 30.1 Å². The van der Waals surface area contributed by atoms with Gasteiger partial charge in [0.15, 0.2) is 0 Å². The highest BCUT2D eigenvalue weighted by molar-refractivity contribution is 8.00. The third-order valence-electron chi connectivity index (χ3n) is 5.25. The maximum absolute atomic E-state index is 13.2. The van der Waals surface area contributed by atoms with Crippen molar-refractivity contribution in [1.82, 2.24) is 9.55 Å². The van der Waals surface area contributed by atoms with Crippen LogP contribution < -0.4 is 9.04 Å². The quantitative estimate of drug-likeness (QED) is 0.427. The van der Waals surface area contributed by atoms with Crippen molar-refractivity contribution in [2.45, 2.75) is 6.61 Å². The predicted octanol–water partition coefficient (Wildman–Crippen LogP) is 5.04. The van der Waals surface area contributed by atoms with Gasteiger partial charge in [0.1, 0.15) is 12.4 Å². The molecule has 1 saturated heterocycles. The van der Waals surface area contributed by atoms with E-state index in [2.05, 4.69) is 9.29 Å². The number of benzene rings is 2. The minimum absolute atomic E-state index is 0.0557. The Morgan fingerprint density at radius 2 is 2.00 bits per heavy atom. The summed E-state index contributed by atoms with van der Waals surface area (Å²) in [6, 6.07) is 21.9. The van der Waals surface area contributed by atoms with Crippen LogP contribution in [0.3, 0.4) is 0 Å². The second-order valence-corrected chi connectivity index (χ2v) is 8.32. The van der Waals surface area contributed by atoms with E-state index in [9.17, 15) is 4.79 Å². The Labute approximate surface area is 179 Å². The standard InChI is InChI=1S/C24H21N3O2S/c28-24(20-15-27(30-17-20)21-7-4-11-25-14-21)26-12-10-19-13-22(8-9-23(19)26)29-16-18-5-2-1-3-6-18/h1-14,20H,15-17H2. The van der Waals surface area contributed by atoms with Crippen LogP contribution in [0, 0.1) is 5.92 Å². The Balaban J connectivity index is 1.29. The van der Waals surface area contributed by atoms with Gasteiger partial charge in [0.2, 0.25) is 5.91 Å². The van der Waals surface area contributed by atoms with Gasteiger partial charge in [-0.2, -0.15) is 0 Å². The summed E-state index contributed by atoms with van der Waals surface area (Å²) in [4.78, 5) is 17.3. The number of anilines is 1. The minimum atomic E-state index is -0.0557. The van der Waals surface area contributed by atoms with E-state index in [-0.39, 0.29) is 11.8 Å². The number of rotatable bonds is 5. The molecule has 0 bridgehead atoms. The number of hydrogen-bond acceptors (Lipinski definition) is 5. The van der Waals surface area contributed by atoms with Crippen molar-refractivity contribution in [1.29, 1.82) is 0 Å². The highest BCUT2D eigenvalue weighted by atomic mass is 32.2. The average Bonchev–Trinajstić information content (AvgIpc) is 3.46. The van der Waals surface area contributed by atoms with Crippen LogP contribution in [-0.4, -0.2) is 27.8 Å². The molecule has 0 radical (unpaired) electrons. The summed E-state index contributed by atoms with van der Waals surface area (Å²) >= 11 is 1.68. The number of hydrogen-bond donors (Lipinski definition) is 0. The van der Waals surface area contributed by atoms with E-state index in [1.165, 1.54) is 0 Å². The molecular weight excluding hydrogens is 394 g/mol. The second-order valence-electron chi connectivity index (χ2n) is 7.28. The van der Waals surface area contributed by atoms with Crippen LogP contribution in [-0.2, 0) is 6.61 Å². The molecule has 0 amide bonds. The molecule has 3 heterocycles. The molecule has 5 rings (SSSR count). The molecule has 4 aromatic rings. The molecule has 150 valence electrons. The molecule has 1 fully saturated rings. The van der Waals surface area contributed by atoms with E-state index in [0.29, 0.717) is 13.2 Å². The zero-order valence-corrected chi connectivity index (χ0v) is 17.2. The van der Waals surface area contributed by atoms with Gasteiger partial charge < -0.3 is 9.04 Å². The fourth-order valence-electron chi connectivity index (χ4n) is 3.66. The van der Waals surface area contributed by atoms with E-state index in [0.717, 1.165) is 33.7 Å². The van der Waals surface area contributed by atoms with Gasteiger partial charge in [0.05, 0.1) is 23.3 Å². The van der Waals surface area contributed by atoms with E-state index in [1.54, 1.807) is 22.7 Å². The van der Waals surface area contributed by atoms with Gasteiger partial charge in [-0.25, -0.2) is 0 Å². The molecule has 0 N–H and O–H groups in total. The number of fused-ring (bicyclic) bond motifs is 1. The first-order valence-corrected chi connectivity index (χ1v) is 10.8. The monoisotopic (exact) mass is 415 g/mol. The first-order valence-electron chi connectivity index (χ1n) is 9.90. The van der Waals surface area contributed by atoms with Gasteiger partial charge in [-0.05, 0) is 53.9 Å². The molecule has 6 heteroatoms. The van der Waals surface area contributed by atoms with Gasteiger partial charge in [0.25, 0.3) is 0 Å². The minimum Gasteiger partial charge on any atom is -0.489 e. The number of pyridine rings is 1. The van der Waals surface area contributed by atoms with Gasteiger partial charge in [-0.15, -0.1) is 0 Å². The molecular formula is C24H21N3O2S. The van der Waals surface area contributed by atoms with Crippen LogP contribution in [0.4, 0.5) is 5.69 Å². The lowest BCUT2D eigenvalue weighted by atomic mass is 10.1. The molecule has 5 nitrogen and oxygen atoms in total. The highest BCUT2D eigenvalue weighted by Gasteiger charge is 2.31. The summed E-state index contributed by atoms with van der Waals surface area (Å²) in [5, 5.41) is 1.00. The Morgan fingerprint density at radius 3 is 2.83 bits per heavy atom. The smallest absolute Gasteiger partial charge is 0.236 e. The van der Waals surface area contributed by atoms with E-state index < -0.39 is 0 Å². The largest absolute Gasteiger partial charge is 0.489 e. The number of carbonyl (C=O) groups is 1. The normalized spacial score (nSPS) is 16.1. The molecule has 2 aromatic carbocycles. The predicted molar refractivity (Wildman–Crippen MR) is 121 cm³/mol. The Kier molecular flexibility index (Phi) is 5.15. The lowest BCUT2D eigenvalue weighted by Crippen LogP contribution is -2.26. The van der Waals surface area contributed by atoms with Crippen molar-refractivity contribution in [2.24, 2.45) is 5.92 Å². The first kappa shape index (κ1) is 18.8. The van der Waals surface area contributed by atoms with Gasteiger partial charge in [-0.3, -0.25) is 14.3 Å². The SMILES string of the molecule is O=C(C1CSN(c2cccnc2)C1)n1ccc2cc(OCc3ccccc3)ccc21. The van der Waals surface area contributed by atoms with Crippen molar-refractivity contribution >= 4 is 34.4 Å². The summed E-state index contributed by atoms with van der Waals surface area (Å²) in [5.74, 6) is 1.64. The molecule has 1 aliphatic rings. The average molecular weight is 416 g/mol. The fourth-order valence-corrected chi connectivity index (χ4v) is 4.81. The van der Waals surface area contributed by atoms with Crippen molar-refractivity contribution < 1.29 is 9.53 Å². The van der Waals surface area contributed by atoms with Crippen molar-refractivity contribution in [3.63, 3.8) is 0 Å². The number of carbonyl (C=O) groups excluding carboxylic acids is 1. The Morgan fingerprint density at radius 1 is 1.10 bits per heavy atom. The van der Waals surface area contributed by atoms with Crippen LogP contribution in [0.25, 0.3) is 10.9 Å². The number of aromatic nitrogens is 2. The molecule has 0 aliphatic carbocycles. The number of ether oxygens (including phenoxy) is 1. The van der Waals surface area contributed by atoms with E-state index in [4.69, 9.17) is 4.74 Å². The van der Waals surface area contributed by atoms with Crippen molar-refractivity contribution in [3.8, 4) is 5.75 Å². The molecule has 1 aliphatic heterocycles. The summed E-state index contributed by atoms with van der Waals surface area (Å²) in [6.45, 7) is 1.21. The van der Waals surface area contributed by atoms with Crippen LogP contribution in [0.15, 0.2) is 85.3 Å². The first-order chi connectivity index (χ1) is 14.8. The Bertz CT molecular complexity index is 1160. The lowest BCUT2D eigenvalue weighted by Gasteiger charge is -2.16. The van der Waals surface area contributed by atoms with Crippen LogP contribution in [0.5, 0.6) is 5.75 Å².